The van der Waals surface area contributed by atoms with Crippen LogP contribution >= 0.6 is 11.3 Å². The molecule has 1 aliphatic rings. The maximum absolute atomic E-state index is 12.3. The fourth-order valence-electron chi connectivity index (χ4n) is 3.71. The molecule has 5 nitrogen and oxygen atoms in total. The van der Waals surface area contributed by atoms with Crippen molar-refractivity contribution >= 4 is 33.3 Å². The minimum atomic E-state index is -0.0398. The third kappa shape index (κ3) is 2.94. The molecule has 1 aromatic carbocycles. The van der Waals surface area contributed by atoms with Crippen molar-refractivity contribution in [3.8, 4) is 0 Å². The molecule has 0 bridgehead atoms. The van der Waals surface area contributed by atoms with Crippen molar-refractivity contribution < 1.29 is 4.79 Å². The van der Waals surface area contributed by atoms with E-state index in [-0.39, 0.29) is 11.9 Å². The van der Waals surface area contributed by atoms with Gasteiger partial charge >= 0.3 is 0 Å². The first-order chi connectivity index (χ1) is 12.7. The number of aromatic nitrogens is 2. The number of hydrogen-bond donors (Lipinski definition) is 2. The predicted octanol–water partition coefficient (Wildman–Crippen LogP) is 4.24. The number of nitrogens with one attached hydrogen (secondary N) is 2. The Morgan fingerprint density at radius 2 is 2.15 bits per heavy atom. The van der Waals surface area contributed by atoms with Crippen LogP contribution in [0, 0.1) is 6.92 Å². The number of thiophene rings is 1. The molecule has 0 saturated carbocycles. The third-order valence-corrected chi connectivity index (χ3v) is 6.15. The summed E-state index contributed by atoms with van der Waals surface area (Å²) in [6.07, 6.45) is 4.95. The van der Waals surface area contributed by atoms with Crippen LogP contribution in [0.5, 0.6) is 0 Å². The van der Waals surface area contributed by atoms with Gasteiger partial charge in [0.2, 0.25) is 0 Å². The predicted molar refractivity (Wildman–Crippen MR) is 106 cm³/mol. The van der Waals surface area contributed by atoms with Crippen LogP contribution < -0.4 is 10.6 Å². The molecule has 0 fully saturated rings. The number of carbonyl (C=O) groups excluding carboxylic acids is 1. The summed E-state index contributed by atoms with van der Waals surface area (Å²) in [5, 5.41) is 7.47. The van der Waals surface area contributed by atoms with E-state index < -0.39 is 0 Å². The summed E-state index contributed by atoms with van der Waals surface area (Å²) in [6.45, 7) is 4.52. The molecule has 2 heterocycles. The number of benzene rings is 1. The van der Waals surface area contributed by atoms with Crippen molar-refractivity contribution in [1.29, 1.82) is 0 Å². The second-order valence-corrected chi connectivity index (χ2v) is 7.61. The van der Waals surface area contributed by atoms with Crippen molar-refractivity contribution in [2.24, 2.45) is 0 Å². The maximum atomic E-state index is 12.3. The van der Waals surface area contributed by atoms with Crippen LogP contribution in [-0.2, 0) is 6.42 Å². The normalized spacial score (nSPS) is 16.3. The standard InChI is InChI=1S/C20H22N4OS/c1-3-21-19(25)17-12(2)16-18(22-11-23-20(16)26-17)24-15-10-6-8-13-7-4-5-9-14(13)15/h4-5,7,9,11,15H,3,6,8,10H2,1-2H3,(H,21,25)(H,22,23,24)/t15-/m1/s1. The molecule has 2 aromatic heterocycles. The Labute approximate surface area is 156 Å². The summed E-state index contributed by atoms with van der Waals surface area (Å²) >= 11 is 1.43. The van der Waals surface area contributed by atoms with Crippen LogP contribution in [0.4, 0.5) is 5.82 Å². The smallest absolute Gasteiger partial charge is 0.261 e. The Kier molecular flexibility index (Phi) is 4.59. The Morgan fingerprint density at radius 1 is 1.31 bits per heavy atom. The zero-order valence-corrected chi connectivity index (χ0v) is 15.8. The summed E-state index contributed by atoms with van der Waals surface area (Å²) in [7, 11) is 0. The largest absolute Gasteiger partial charge is 0.363 e. The number of amides is 1. The highest BCUT2D eigenvalue weighted by Gasteiger charge is 2.23. The molecule has 1 amide bonds. The van der Waals surface area contributed by atoms with Gasteiger partial charge in [0.05, 0.1) is 16.3 Å². The van der Waals surface area contributed by atoms with Crippen LogP contribution in [0.2, 0.25) is 0 Å². The first kappa shape index (κ1) is 17.0. The number of aryl methyl sites for hydroxylation is 2. The fourth-order valence-corrected chi connectivity index (χ4v) is 4.77. The van der Waals surface area contributed by atoms with Crippen molar-refractivity contribution in [3.63, 3.8) is 0 Å². The molecule has 1 aliphatic carbocycles. The molecule has 6 heteroatoms. The highest BCUT2D eigenvalue weighted by atomic mass is 32.1. The number of nitrogens with zero attached hydrogens (tertiary/aromatic N) is 2. The molecule has 0 unspecified atom stereocenters. The average Bonchev–Trinajstić information content (AvgIpc) is 3.00. The lowest BCUT2D eigenvalue weighted by atomic mass is 9.87. The highest BCUT2D eigenvalue weighted by molar-refractivity contribution is 7.20. The van der Waals surface area contributed by atoms with E-state index in [4.69, 9.17) is 0 Å². The first-order valence-corrected chi connectivity index (χ1v) is 9.87. The summed E-state index contributed by atoms with van der Waals surface area (Å²) in [4.78, 5) is 22.8. The van der Waals surface area contributed by atoms with Crippen molar-refractivity contribution in [2.45, 2.75) is 39.2 Å². The van der Waals surface area contributed by atoms with E-state index in [9.17, 15) is 4.79 Å². The topological polar surface area (TPSA) is 66.9 Å². The minimum absolute atomic E-state index is 0.0398. The molecule has 0 spiro atoms. The van der Waals surface area contributed by atoms with Crippen LogP contribution in [0.1, 0.15) is 52.2 Å². The molecule has 26 heavy (non-hydrogen) atoms. The van der Waals surface area contributed by atoms with Crippen LogP contribution in [-0.4, -0.2) is 22.4 Å². The van der Waals surface area contributed by atoms with Gasteiger partial charge in [-0.25, -0.2) is 9.97 Å². The number of hydrogen-bond acceptors (Lipinski definition) is 5. The fraction of sp³-hybridized carbons (Fsp3) is 0.350. The number of carbonyl (C=O) groups is 1. The molecule has 0 aliphatic heterocycles. The number of anilines is 1. The summed E-state index contributed by atoms with van der Waals surface area (Å²) in [5.41, 5.74) is 3.71. The molecular formula is C20H22N4OS. The number of fused-ring (bicyclic) bond motifs is 2. The monoisotopic (exact) mass is 366 g/mol. The average molecular weight is 366 g/mol. The second-order valence-electron chi connectivity index (χ2n) is 6.61. The quantitative estimate of drug-likeness (QED) is 0.725. The van der Waals surface area contributed by atoms with Gasteiger partial charge in [0.1, 0.15) is 17.0 Å². The van der Waals surface area contributed by atoms with Crippen molar-refractivity contribution in [3.05, 3.63) is 52.2 Å². The van der Waals surface area contributed by atoms with Crippen LogP contribution in [0.3, 0.4) is 0 Å². The van der Waals surface area contributed by atoms with E-state index in [1.165, 1.54) is 22.5 Å². The molecule has 0 saturated heterocycles. The molecule has 134 valence electrons. The van der Waals surface area contributed by atoms with Gasteiger partial charge in [-0.2, -0.15) is 0 Å². The van der Waals surface area contributed by atoms with E-state index in [0.29, 0.717) is 6.54 Å². The van der Waals surface area contributed by atoms with Gasteiger partial charge in [-0.05, 0) is 49.8 Å². The van der Waals surface area contributed by atoms with E-state index in [2.05, 4.69) is 44.9 Å². The second kappa shape index (κ2) is 7.03. The van der Waals surface area contributed by atoms with Crippen molar-refractivity contribution in [2.75, 3.05) is 11.9 Å². The molecule has 0 radical (unpaired) electrons. The minimum Gasteiger partial charge on any atom is -0.363 e. The maximum Gasteiger partial charge on any atom is 0.261 e. The van der Waals surface area contributed by atoms with Gasteiger partial charge in [0.15, 0.2) is 0 Å². The first-order valence-electron chi connectivity index (χ1n) is 9.05. The summed E-state index contributed by atoms with van der Waals surface area (Å²) < 4.78 is 0. The molecule has 4 rings (SSSR count). The molecule has 1 atom stereocenters. The van der Waals surface area contributed by atoms with E-state index >= 15 is 0 Å². The van der Waals surface area contributed by atoms with Crippen LogP contribution in [0.15, 0.2) is 30.6 Å². The van der Waals surface area contributed by atoms with Gasteiger partial charge < -0.3 is 10.6 Å². The van der Waals surface area contributed by atoms with Gasteiger partial charge in [-0.1, -0.05) is 24.3 Å². The van der Waals surface area contributed by atoms with Gasteiger partial charge in [-0.15, -0.1) is 11.3 Å². The van der Waals surface area contributed by atoms with Gasteiger partial charge in [0.25, 0.3) is 5.91 Å². The molecule has 2 N–H and O–H groups in total. The van der Waals surface area contributed by atoms with E-state index in [0.717, 1.165) is 45.7 Å². The van der Waals surface area contributed by atoms with E-state index in [1.54, 1.807) is 6.33 Å². The Bertz CT molecular complexity index is 966. The SMILES string of the molecule is CCNC(=O)c1sc2ncnc(N[C@@H]3CCCc4ccccc43)c2c1C. The molecule has 3 aromatic rings. The third-order valence-electron chi connectivity index (χ3n) is 4.95. The lowest BCUT2D eigenvalue weighted by Gasteiger charge is -2.27. The molecular weight excluding hydrogens is 344 g/mol. The van der Waals surface area contributed by atoms with Gasteiger partial charge in [-0.3, -0.25) is 4.79 Å². The lowest BCUT2D eigenvalue weighted by molar-refractivity contribution is 0.0959. The Hall–Kier alpha value is -2.47. The zero-order chi connectivity index (χ0) is 18.1. The lowest BCUT2D eigenvalue weighted by Crippen LogP contribution is -2.22. The Morgan fingerprint density at radius 3 is 3.00 bits per heavy atom. The van der Waals surface area contributed by atoms with Crippen LogP contribution in [0.25, 0.3) is 10.2 Å². The Balaban J connectivity index is 1.73. The van der Waals surface area contributed by atoms with Crippen molar-refractivity contribution in [1.82, 2.24) is 15.3 Å². The summed E-state index contributed by atoms with van der Waals surface area (Å²) in [6, 6.07) is 8.85. The van der Waals surface area contributed by atoms with Gasteiger partial charge in [0, 0.05) is 6.54 Å². The highest BCUT2D eigenvalue weighted by Crippen LogP contribution is 2.37. The number of rotatable bonds is 4. The van der Waals surface area contributed by atoms with E-state index in [1.807, 2.05) is 13.8 Å². The summed E-state index contributed by atoms with van der Waals surface area (Å²) in [5.74, 6) is 0.781. The zero-order valence-electron chi connectivity index (χ0n) is 15.0.